The van der Waals surface area contributed by atoms with Crippen molar-refractivity contribution >= 4 is 15.7 Å². The Labute approximate surface area is 170 Å². The molecule has 4 rings (SSSR count). The maximum Gasteiger partial charge on any atom is 0.416 e. The third-order valence-electron chi connectivity index (χ3n) is 4.34. The van der Waals surface area contributed by atoms with Crippen LogP contribution in [0.3, 0.4) is 0 Å². The van der Waals surface area contributed by atoms with Gasteiger partial charge in [-0.15, -0.1) is 0 Å². The second kappa shape index (κ2) is 7.56. The number of sulfonamides is 1. The summed E-state index contributed by atoms with van der Waals surface area (Å²) in [6, 6.07) is 10.5. The van der Waals surface area contributed by atoms with Gasteiger partial charge in [0.15, 0.2) is 17.6 Å². The lowest BCUT2D eigenvalue weighted by atomic mass is 10.2. The van der Waals surface area contributed by atoms with E-state index >= 15 is 0 Å². The molecule has 1 atom stereocenters. The predicted octanol–water partition coefficient (Wildman–Crippen LogP) is 3.54. The summed E-state index contributed by atoms with van der Waals surface area (Å²) < 4.78 is 78.0. The van der Waals surface area contributed by atoms with Gasteiger partial charge in [0.1, 0.15) is 6.61 Å². The second-order valence-electron chi connectivity index (χ2n) is 6.58. The lowest BCUT2D eigenvalue weighted by molar-refractivity contribution is -0.137. The minimum Gasteiger partial charge on any atom is -0.486 e. The summed E-state index contributed by atoms with van der Waals surface area (Å²) in [7, 11) is -4.06. The van der Waals surface area contributed by atoms with E-state index in [9.17, 15) is 21.6 Å². The average molecular weight is 439 g/mol. The van der Waals surface area contributed by atoms with Gasteiger partial charge in [-0.3, -0.25) is 9.40 Å². The van der Waals surface area contributed by atoms with Crippen molar-refractivity contribution in [3.8, 4) is 11.5 Å². The molecule has 3 aromatic rings. The molecule has 1 unspecified atom stereocenters. The first-order valence-corrected chi connectivity index (χ1v) is 10.3. The summed E-state index contributed by atoms with van der Waals surface area (Å²) in [5.41, 5.74) is -0.752. The molecule has 1 aromatic heterocycles. The van der Waals surface area contributed by atoms with Crippen LogP contribution in [0.4, 0.5) is 18.9 Å². The van der Waals surface area contributed by atoms with Gasteiger partial charge in [-0.05, 0) is 36.4 Å². The maximum atomic E-state index is 12.6. The fourth-order valence-electron chi connectivity index (χ4n) is 2.91. The van der Waals surface area contributed by atoms with Gasteiger partial charge in [0.05, 0.1) is 28.9 Å². The van der Waals surface area contributed by atoms with Crippen LogP contribution in [0.25, 0.3) is 0 Å². The van der Waals surface area contributed by atoms with Crippen molar-refractivity contribution < 1.29 is 31.1 Å². The predicted molar refractivity (Wildman–Crippen MR) is 101 cm³/mol. The zero-order valence-electron chi connectivity index (χ0n) is 15.3. The molecule has 158 valence electrons. The Bertz CT molecular complexity index is 1140. The number of hydrogen-bond donors (Lipinski definition) is 1. The number of fused-ring (bicyclic) bond motifs is 1. The molecule has 30 heavy (non-hydrogen) atoms. The van der Waals surface area contributed by atoms with Crippen molar-refractivity contribution in [2.45, 2.75) is 23.7 Å². The molecule has 0 saturated carbocycles. The first-order valence-electron chi connectivity index (χ1n) is 8.82. The summed E-state index contributed by atoms with van der Waals surface area (Å²) in [6.45, 7) is 0.625. The van der Waals surface area contributed by atoms with Crippen LogP contribution in [0.5, 0.6) is 11.5 Å². The van der Waals surface area contributed by atoms with Gasteiger partial charge in [0, 0.05) is 6.20 Å². The average Bonchev–Trinajstić information content (AvgIpc) is 3.13. The van der Waals surface area contributed by atoms with E-state index in [0.717, 1.165) is 24.3 Å². The van der Waals surface area contributed by atoms with Crippen LogP contribution in [0.1, 0.15) is 5.56 Å². The molecule has 0 bridgehead atoms. The Morgan fingerprint density at radius 2 is 1.80 bits per heavy atom. The molecule has 0 aliphatic carbocycles. The van der Waals surface area contributed by atoms with Crippen LogP contribution in [0.15, 0.2) is 65.8 Å². The third-order valence-corrected chi connectivity index (χ3v) is 5.73. The van der Waals surface area contributed by atoms with Gasteiger partial charge < -0.3 is 9.47 Å². The number of para-hydroxylation sites is 2. The van der Waals surface area contributed by atoms with Crippen LogP contribution in [0.2, 0.25) is 0 Å². The van der Waals surface area contributed by atoms with Gasteiger partial charge in [-0.1, -0.05) is 12.1 Å². The highest BCUT2D eigenvalue weighted by Crippen LogP contribution is 2.32. The Balaban J connectivity index is 1.42. The molecule has 2 aromatic carbocycles. The van der Waals surface area contributed by atoms with Crippen molar-refractivity contribution in [1.82, 2.24) is 9.78 Å². The van der Waals surface area contributed by atoms with E-state index in [2.05, 4.69) is 9.82 Å². The van der Waals surface area contributed by atoms with E-state index in [-0.39, 0.29) is 16.7 Å². The monoisotopic (exact) mass is 439 g/mol. The molecule has 1 aliphatic rings. The number of anilines is 1. The van der Waals surface area contributed by atoms with Gasteiger partial charge in [0.25, 0.3) is 10.0 Å². The molecule has 0 amide bonds. The first-order chi connectivity index (χ1) is 14.2. The molecular formula is C19H16F3N3O4S. The summed E-state index contributed by atoms with van der Waals surface area (Å²) in [5, 5.41) is 4.10. The minimum absolute atomic E-state index is 0.173. The number of benzene rings is 2. The van der Waals surface area contributed by atoms with Gasteiger partial charge in [0.2, 0.25) is 0 Å². The van der Waals surface area contributed by atoms with E-state index in [1.54, 1.807) is 12.1 Å². The molecular weight excluding hydrogens is 423 g/mol. The van der Waals surface area contributed by atoms with Crippen molar-refractivity contribution in [2.75, 3.05) is 11.3 Å². The standard InChI is InChI=1S/C19H16F3N3O4S/c20-19(21,22)13-5-7-16(8-6-13)30(26,27)24-14-9-23-25(10-14)11-15-12-28-17-3-1-2-4-18(17)29-15/h1-10,15,24H,11-12H2. The van der Waals surface area contributed by atoms with Crippen LogP contribution in [-0.2, 0) is 22.7 Å². The van der Waals surface area contributed by atoms with E-state index < -0.39 is 21.8 Å². The number of nitrogens with zero attached hydrogens (tertiary/aromatic N) is 2. The smallest absolute Gasteiger partial charge is 0.416 e. The Hall–Kier alpha value is -3.21. The van der Waals surface area contributed by atoms with E-state index in [4.69, 9.17) is 9.47 Å². The van der Waals surface area contributed by atoms with Gasteiger partial charge in [-0.25, -0.2) is 8.42 Å². The lowest BCUT2D eigenvalue weighted by Crippen LogP contribution is -2.33. The fourth-order valence-corrected chi connectivity index (χ4v) is 3.94. The van der Waals surface area contributed by atoms with Crippen molar-refractivity contribution in [3.63, 3.8) is 0 Å². The Morgan fingerprint density at radius 3 is 2.50 bits per heavy atom. The fraction of sp³-hybridized carbons (Fsp3) is 0.211. The molecule has 7 nitrogen and oxygen atoms in total. The number of nitrogens with one attached hydrogen (secondary N) is 1. The molecule has 1 N–H and O–H groups in total. The lowest BCUT2D eigenvalue weighted by Gasteiger charge is -2.26. The second-order valence-corrected chi connectivity index (χ2v) is 8.26. The SMILES string of the molecule is O=S(=O)(Nc1cnn(CC2COc3ccccc3O2)c1)c1ccc(C(F)(F)F)cc1. The molecule has 2 heterocycles. The summed E-state index contributed by atoms with van der Waals surface area (Å²) in [6.07, 6.45) is -2.09. The number of halogens is 3. The maximum absolute atomic E-state index is 12.6. The highest BCUT2D eigenvalue weighted by Gasteiger charge is 2.30. The first kappa shape index (κ1) is 20.1. The van der Waals surface area contributed by atoms with E-state index in [0.29, 0.717) is 24.7 Å². The van der Waals surface area contributed by atoms with Crippen molar-refractivity contribution in [3.05, 3.63) is 66.5 Å². The zero-order chi connectivity index (χ0) is 21.4. The quantitative estimate of drug-likeness (QED) is 0.658. The number of aromatic nitrogens is 2. The van der Waals surface area contributed by atoms with Crippen molar-refractivity contribution in [1.29, 1.82) is 0 Å². The molecule has 11 heteroatoms. The van der Waals surface area contributed by atoms with Crippen LogP contribution in [-0.4, -0.2) is 30.9 Å². The number of rotatable bonds is 5. The van der Waals surface area contributed by atoms with Crippen molar-refractivity contribution in [2.24, 2.45) is 0 Å². The number of alkyl halides is 3. The summed E-state index contributed by atoms with van der Waals surface area (Å²) in [5.74, 6) is 1.27. The molecule has 0 saturated heterocycles. The van der Waals surface area contributed by atoms with Crippen LogP contribution >= 0.6 is 0 Å². The van der Waals surface area contributed by atoms with Gasteiger partial charge >= 0.3 is 6.18 Å². The summed E-state index contributed by atoms with van der Waals surface area (Å²) in [4.78, 5) is -0.288. The van der Waals surface area contributed by atoms with Crippen LogP contribution < -0.4 is 14.2 Å². The minimum atomic E-state index is -4.54. The topological polar surface area (TPSA) is 82.5 Å². The molecule has 0 spiro atoms. The van der Waals surface area contributed by atoms with E-state index in [1.165, 1.54) is 17.1 Å². The third kappa shape index (κ3) is 4.35. The highest BCUT2D eigenvalue weighted by atomic mass is 32.2. The Morgan fingerprint density at radius 1 is 1.10 bits per heavy atom. The normalized spacial score (nSPS) is 16.3. The van der Waals surface area contributed by atoms with Gasteiger partial charge in [-0.2, -0.15) is 18.3 Å². The largest absolute Gasteiger partial charge is 0.486 e. The van der Waals surface area contributed by atoms with E-state index in [1.807, 2.05) is 12.1 Å². The molecule has 0 radical (unpaired) electrons. The number of hydrogen-bond acceptors (Lipinski definition) is 5. The highest BCUT2D eigenvalue weighted by molar-refractivity contribution is 7.92. The summed E-state index contributed by atoms with van der Waals surface area (Å²) >= 11 is 0. The number of ether oxygens (including phenoxy) is 2. The Kier molecular flexibility index (Phi) is 5.06. The molecule has 0 fully saturated rings. The molecule has 1 aliphatic heterocycles. The zero-order valence-corrected chi connectivity index (χ0v) is 16.2. The van der Waals surface area contributed by atoms with Crippen LogP contribution in [0, 0.1) is 0 Å².